The molecule has 2 aromatic rings. The van der Waals surface area contributed by atoms with Crippen molar-refractivity contribution >= 4 is 15.9 Å². The molecule has 108 valence electrons. The minimum absolute atomic E-state index is 0.712. The Kier molecular flexibility index (Phi) is 5.58. The molecule has 0 atom stereocenters. The van der Waals surface area contributed by atoms with Crippen LogP contribution in [0.1, 0.15) is 5.56 Å². The van der Waals surface area contributed by atoms with Crippen LogP contribution in [0, 0.1) is 0 Å². The highest BCUT2D eigenvalue weighted by molar-refractivity contribution is 9.10. The van der Waals surface area contributed by atoms with E-state index in [1.165, 1.54) is 5.56 Å². The minimum Gasteiger partial charge on any atom is -0.453 e. The molecule has 0 saturated heterocycles. The Balaban J connectivity index is 1.95. The summed E-state index contributed by atoms with van der Waals surface area (Å²) in [6, 6.07) is 6.03. The summed E-state index contributed by atoms with van der Waals surface area (Å²) in [5, 5.41) is 7.37. The third kappa shape index (κ3) is 4.33. The second-order valence-electron chi connectivity index (χ2n) is 4.39. The molecule has 0 saturated carbocycles. The van der Waals surface area contributed by atoms with Crippen molar-refractivity contribution in [1.82, 2.24) is 15.1 Å². The predicted octanol–water partition coefficient (Wildman–Crippen LogP) is 2.71. The molecule has 0 unspecified atom stereocenters. The second kappa shape index (κ2) is 7.42. The molecule has 0 aliphatic rings. The number of nitrogens with zero attached hydrogens (tertiary/aromatic N) is 2. The number of nitrogens with one attached hydrogen (secondary N) is 1. The Labute approximate surface area is 127 Å². The van der Waals surface area contributed by atoms with E-state index >= 15 is 0 Å². The van der Waals surface area contributed by atoms with Gasteiger partial charge in [-0.05, 0) is 33.6 Å². The minimum atomic E-state index is 0.712. The van der Waals surface area contributed by atoms with Crippen LogP contribution in [-0.4, -0.2) is 30.0 Å². The number of hydrogen-bond donors (Lipinski definition) is 1. The first-order chi connectivity index (χ1) is 9.69. The second-order valence-corrected chi connectivity index (χ2v) is 5.24. The van der Waals surface area contributed by atoms with Crippen LogP contribution in [-0.2, 0) is 18.3 Å². The molecule has 1 aromatic carbocycles. The molecular weight excluding hydrogens is 322 g/mol. The van der Waals surface area contributed by atoms with Crippen LogP contribution in [0.15, 0.2) is 35.1 Å². The number of methoxy groups -OCH3 is 1. The fraction of sp³-hybridized carbons (Fsp3) is 0.357. The molecule has 0 bridgehead atoms. The predicted molar refractivity (Wildman–Crippen MR) is 81.0 cm³/mol. The van der Waals surface area contributed by atoms with Crippen LogP contribution in [0.25, 0.3) is 0 Å². The molecule has 0 radical (unpaired) electrons. The highest BCUT2D eigenvalue weighted by Crippen LogP contribution is 2.30. The molecule has 0 aliphatic heterocycles. The van der Waals surface area contributed by atoms with Crippen molar-refractivity contribution in [3.05, 3.63) is 40.6 Å². The van der Waals surface area contributed by atoms with Crippen molar-refractivity contribution < 1.29 is 9.47 Å². The van der Waals surface area contributed by atoms with Crippen LogP contribution in [0.3, 0.4) is 0 Å². The van der Waals surface area contributed by atoms with Gasteiger partial charge in [-0.2, -0.15) is 5.10 Å². The smallest absolute Gasteiger partial charge is 0.165 e. The summed E-state index contributed by atoms with van der Waals surface area (Å²) in [7, 11) is 3.56. The van der Waals surface area contributed by atoms with Gasteiger partial charge in [-0.15, -0.1) is 0 Å². The van der Waals surface area contributed by atoms with E-state index in [1.807, 2.05) is 31.4 Å². The lowest BCUT2D eigenvalue weighted by Crippen LogP contribution is -2.18. The molecule has 0 fully saturated rings. The maximum atomic E-state index is 5.76. The summed E-state index contributed by atoms with van der Waals surface area (Å²) >= 11 is 3.53. The Morgan fingerprint density at radius 2 is 2.25 bits per heavy atom. The lowest BCUT2D eigenvalue weighted by Gasteiger charge is -2.08. The van der Waals surface area contributed by atoms with Crippen molar-refractivity contribution in [3.8, 4) is 11.5 Å². The molecule has 0 spiro atoms. The Morgan fingerprint density at radius 3 is 2.90 bits per heavy atom. The van der Waals surface area contributed by atoms with Gasteiger partial charge in [0.05, 0.1) is 23.5 Å². The van der Waals surface area contributed by atoms with Crippen molar-refractivity contribution in [2.75, 3.05) is 20.3 Å². The van der Waals surface area contributed by atoms with Crippen LogP contribution in [0.5, 0.6) is 11.5 Å². The molecule has 5 nitrogen and oxygen atoms in total. The zero-order chi connectivity index (χ0) is 14.4. The summed E-state index contributed by atoms with van der Waals surface area (Å²) < 4.78 is 13.4. The number of rotatable bonds is 7. The largest absolute Gasteiger partial charge is 0.453 e. The summed E-state index contributed by atoms with van der Waals surface area (Å²) in [6.45, 7) is 2.35. The van der Waals surface area contributed by atoms with E-state index in [0.717, 1.165) is 29.1 Å². The van der Waals surface area contributed by atoms with E-state index in [4.69, 9.17) is 9.47 Å². The van der Waals surface area contributed by atoms with Gasteiger partial charge in [0.2, 0.25) is 0 Å². The average Bonchev–Trinajstić information content (AvgIpc) is 2.83. The fourth-order valence-electron chi connectivity index (χ4n) is 1.72. The van der Waals surface area contributed by atoms with Crippen LogP contribution >= 0.6 is 15.9 Å². The van der Waals surface area contributed by atoms with E-state index in [2.05, 4.69) is 26.3 Å². The molecular formula is C14H18BrN3O2. The normalized spacial score (nSPS) is 10.8. The Hall–Kier alpha value is -1.37. The number of ether oxygens (including phenoxy) is 2. The van der Waals surface area contributed by atoms with Crippen LogP contribution in [0.4, 0.5) is 0 Å². The standard InChI is InChI=1S/C14H18BrN3O2/c1-18-10-12(9-17-18)20-14-4-3-11(7-13(14)15)8-16-5-6-19-2/h3-4,7,9-10,16H,5-6,8H2,1-2H3. The van der Waals surface area contributed by atoms with Gasteiger partial charge in [0.15, 0.2) is 5.75 Å². The quantitative estimate of drug-likeness (QED) is 0.788. The first-order valence-electron chi connectivity index (χ1n) is 6.33. The molecule has 0 amide bonds. The number of halogens is 1. The van der Waals surface area contributed by atoms with Gasteiger partial charge in [0.1, 0.15) is 5.75 Å². The highest BCUT2D eigenvalue weighted by Gasteiger charge is 2.05. The summed E-state index contributed by atoms with van der Waals surface area (Å²) in [5.41, 5.74) is 1.19. The van der Waals surface area contributed by atoms with Crippen molar-refractivity contribution in [1.29, 1.82) is 0 Å². The lowest BCUT2D eigenvalue weighted by atomic mass is 10.2. The Bertz CT molecular complexity index is 557. The third-order valence-corrected chi connectivity index (χ3v) is 3.34. The van der Waals surface area contributed by atoms with Crippen molar-refractivity contribution in [3.63, 3.8) is 0 Å². The van der Waals surface area contributed by atoms with E-state index in [9.17, 15) is 0 Å². The van der Waals surface area contributed by atoms with Gasteiger partial charge in [0.25, 0.3) is 0 Å². The molecule has 1 N–H and O–H groups in total. The summed E-state index contributed by atoms with van der Waals surface area (Å²) in [6.07, 6.45) is 3.51. The molecule has 2 rings (SSSR count). The first kappa shape index (κ1) is 15.0. The molecule has 0 aliphatic carbocycles. The van der Waals surface area contributed by atoms with Crippen LogP contribution in [0.2, 0.25) is 0 Å². The van der Waals surface area contributed by atoms with E-state index < -0.39 is 0 Å². The fourth-order valence-corrected chi connectivity index (χ4v) is 2.23. The maximum absolute atomic E-state index is 5.76. The van der Waals surface area contributed by atoms with E-state index in [-0.39, 0.29) is 0 Å². The third-order valence-electron chi connectivity index (χ3n) is 2.72. The van der Waals surface area contributed by atoms with Gasteiger partial charge in [0, 0.05) is 27.2 Å². The monoisotopic (exact) mass is 339 g/mol. The summed E-state index contributed by atoms with van der Waals surface area (Å²) in [4.78, 5) is 0. The molecule has 6 heteroatoms. The SMILES string of the molecule is COCCNCc1ccc(Oc2cnn(C)c2)c(Br)c1. The zero-order valence-corrected chi connectivity index (χ0v) is 13.2. The topological polar surface area (TPSA) is 48.3 Å². The summed E-state index contributed by atoms with van der Waals surface area (Å²) in [5.74, 6) is 1.50. The van der Waals surface area contributed by atoms with Crippen molar-refractivity contribution in [2.24, 2.45) is 7.05 Å². The zero-order valence-electron chi connectivity index (χ0n) is 11.6. The Morgan fingerprint density at radius 1 is 1.40 bits per heavy atom. The van der Waals surface area contributed by atoms with Gasteiger partial charge in [-0.25, -0.2) is 0 Å². The maximum Gasteiger partial charge on any atom is 0.165 e. The van der Waals surface area contributed by atoms with Gasteiger partial charge < -0.3 is 14.8 Å². The van der Waals surface area contributed by atoms with E-state index in [1.54, 1.807) is 18.0 Å². The average molecular weight is 340 g/mol. The number of aromatic nitrogens is 2. The first-order valence-corrected chi connectivity index (χ1v) is 7.13. The van der Waals surface area contributed by atoms with E-state index in [0.29, 0.717) is 6.61 Å². The lowest BCUT2D eigenvalue weighted by molar-refractivity contribution is 0.199. The molecule has 1 heterocycles. The number of aryl methyl sites for hydroxylation is 1. The highest BCUT2D eigenvalue weighted by atomic mass is 79.9. The van der Waals surface area contributed by atoms with Crippen LogP contribution < -0.4 is 10.1 Å². The molecule has 20 heavy (non-hydrogen) atoms. The van der Waals surface area contributed by atoms with Gasteiger partial charge in [-0.3, -0.25) is 4.68 Å². The van der Waals surface area contributed by atoms with Crippen molar-refractivity contribution in [2.45, 2.75) is 6.54 Å². The number of hydrogen-bond acceptors (Lipinski definition) is 4. The van der Waals surface area contributed by atoms with Gasteiger partial charge in [-0.1, -0.05) is 6.07 Å². The molecule has 1 aromatic heterocycles. The van der Waals surface area contributed by atoms with Gasteiger partial charge >= 0.3 is 0 Å². The number of benzene rings is 1.